The van der Waals surface area contributed by atoms with Gasteiger partial charge in [0.05, 0.1) is 6.54 Å². The number of carbonyl (C=O) groups excluding carboxylic acids is 1. The average molecular weight is 345 g/mol. The molecule has 2 N–H and O–H groups in total. The van der Waals surface area contributed by atoms with Gasteiger partial charge in [0.15, 0.2) is 5.96 Å². The van der Waals surface area contributed by atoms with E-state index in [2.05, 4.69) is 67.6 Å². The Morgan fingerprint density at radius 2 is 1.88 bits per heavy atom. The summed E-state index contributed by atoms with van der Waals surface area (Å²) >= 11 is 0. The fourth-order valence-electron chi connectivity index (χ4n) is 2.71. The van der Waals surface area contributed by atoms with E-state index >= 15 is 0 Å². The summed E-state index contributed by atoms with van der Waals surface area (Å²) in [6.45, 7) is 11.7. The molecule has 1 aliphatic heterocycles. The van der Waals surface area contributed by atoms with Crippen molar-refractivity contribution in [3.05, 3.63) is 35.4 Å². The summed E-state index contributed by atoms with van der Waals surface area (Å²) in [5, 5.41) is 6.74. The second-order valence-corrected chi connectivity index (χ2v) is 7.11. The van der Waals surface area contributed by atoms with Gasteiger partial charge < -0.3 is 15.5 Å². The van der Waals surface area contributed by atoms with E-state index in [0.29, 0.717) is 24.9 Å². The van der Waals surface area contributed by atoms with Gasteiger partial charge in [-0.3, -0.25) is 4.79 Å². The predicted molar refractivity (Wildman–Crippen MR) is 103 cm³/mol. The number of hydrogen-bond donors (Lipinski definition) is 2. The first-order chi connectivity index (χ1) is 12.0. The van der Waals surface area contributed by atoms with E-state index in [1.165, 1.54) is 11.1 Å². The lowest BCUT2D eigenvalue weighted by Gasteiger charge is -2.20. The van der Waals surface area contributed by atoms with E-state index in [0.717, 1.165) is 32.0 Å². The van der Waals surface area contributed by atoms with Crippen molar-refractivity contribution in [2.75, 3.05) is 13.1 Å². The van der Waals surface area contributed by atoms with Crippen LogP contribution in [0, 0.1) is 5.92 Å². The molecule has 2 rings (SSSR count). The molecular weight excluding hydrogens is 312 g/mol. The van der Waals surface area contributed by atoms with Crippen LogP contribution < -0.4 is 10.6 Å². The molecule has 0 spiro atoms. The first-order valence-electron chi connectivity index (χ1n) is 9.40. The number of benzene rings is 1. The van der Waals surface area contributed by atoms with Crippen LogP contribution in [0.2, 0.25) is 0 Å². The highest BCUT2D eigenvalue weighted by atomic mass is 16.2. The first-order valence-corrected chi connectivity index (χ1v) is 9.40. The summed E-state index contributed by atoms with van der Waals surface area (Å²) in [7, 11) is 0. The zero-order valence-corrected chi connectivity index (χ0v) is 16.0. The molecule has 1 saturated heterocycles. The van der Waals surface area contributed by atoms with Crippen molar-refractivity contribution in [3.8, 4) is 0 Å². The van der Waals surface area contributed by atoms with Crippen molar-refractivity contribution in [2.45, 2.75) is 59.7 Å². The third-order valence-electron chi connectivity index (χ3n) is 4.70. The Hall–Kier alpha value is -2.04. The van der Waals surface area contributed by atoms with Gasteiger partial charge in [0.1, 0.15) is 0 Å². The lowest BCUT2D eigenvalue weighted by atomic mass is 10.1. The third-order valence-corrected chi connectivity index (χ3v) is 4.70. The molecule has 0 radical (unpaired) electrons. The van der Waals surface area contributed by atoms with Crippen LogP contribution in [-0.2, 0) is 17.9 Å². The summed E-state index contributed by atoms with van der Waals surface area (Å²) < 4.78 is 0. The van der Waals surface area contributed by atoms with Crippen LogP contribution in [0.15, 0.2) is 29.3 Å². The minimum Gasteiger partial charge on any atom is -0.357 e. The van der Waals surface area contributed by atoms with E-state index in [4.69, 9.17) is 0 Å². The number of hydrogen-bond acceptors (Lipinski definition) is 2. The Labute approximate surface area is 151 Å². The maximum Gasteiger partial charge on any atom is 0.222 e. The van der Waals surface area contributed by atoms with Crippen LogP contribution in [0.25, 0.3) is 0 Å². The van der Waals surface area contributed by atoms with Crippen LogP contribution in [0.3, 0.4) is 0 Å². The van der Waals surface area contributed by atoms with Gasteiger partial charge in [0, 0.05) is 32.1 Å². The van der Waals surface area contributed by atoms with Crippen molar-refractivity contribution in [1.29, 1.82) is 0 Å². The zero-order valence-electron chi connectivity index (χ0n) is 16.0. The number of likely N-dealkylation sites (tertiary alicyclic amines) is 1. The van der Waals surface area contributed by atoms with Gasteiger partial charge in [0.2, 0.25) is 5.91 Å². The molecule has 5 nitrogen and oxygen atoms in total. The Balaban J connectivity index is 1.92. The minimum atomic E-state index is 0.273. The molecular formula is C20H32N4O. The molecule has 1 heterocycles. The zero-order chi connectivity index (χ0) is 18.2. The van der Waals surface area contributed by atoms with Crippen LogP contribution in [-0.4, -0.2) is 35.9 Å². The molecule has 1 fully saturated rings. The molecule has 0 saturated carbocycles. The van der Waals surface area contributed by atoms with Gasteiger partial charge >= 0.3 is 0 Å². The quantitative estimate of drug-likeness (QED) is 0.591. The van der Waals surface area contributed by atoms with Crippen LogP contribution in [0.4, 0.5) is 0 Å². The molecule has 1 aliphatic rings. The lowest BCUT2D eigenvalue weighted by Crippen LogP contribution is -2.44. The minimum absolute atomic E-state index is 0.273. The van der Waals surface area contributed by atoms with E-state index in [9.17, 15) is 4.79 Å². The Morgan fingerprint density at radius 3 is 2.44 bits per heavy atom. The van der Waals surface area contributed by atoms with Gasteiger partial charge in [-0.05, 0) is 37.3 Å². The second-order valence-electron chi connectivity index (χ2n) is 7.11. The average Bonchev–Trinajstić information content (AvgIpc) is 2.99. The van der Waals surface area contributed by atoms with E-state index in [-0.39, 0.29) is 5.91 Å². The number of carbonyl (C=O) groups is 1. The maximum atomic E-state index is 11.7. The fourth-order valence-corrected chi connectivity index (χ4v) is 2.71. The fraction of sp³-hybridized carbons (Fsp3) is 0.600. The van der Waals surface area contributed by atoms with Gasteiger partial charge in [-0.2, -0.15) is 0 Å². The number of amides is 1. The number of aliphatic imine (C=N–C) groups is 1. The largest absolute Gasteiger partial charge is 0.357 e. The summed E-state index contributed by atoms with van der Waals surface area (Å²) in [6, 6.07) is 8.79. The third kappa shape index (κ3) is 6.07. The molecule has 1 atom stereocenters. The SMILES string of the molecule is CCNC(=NCc1ccc(CN2CCCC2=O)cc1)NC(C)C(C)C. The maximum absolute atomic E-state index is 11.7. The van der Waals surface area contributed by atoms with Crippen molar-refractivity contribution < 1.29 is 4.79 Å². The van der Waals surface area contributed by atoms with Gasteiger partial charge in [-0.25, -0.2) is 4.99 Å². The van der Waals surface area contributed by atoms with Gasteiger partial charge in [0.25, 0.3) is 0 Å². The number of nitrogens with one attached hydrogen (secondary N) is 2. The van der Waals surface area contributed by atoms with Gasteiger partial charge in [-0.15, -0.1) is 0 Å². The van der Waals surface area contributed by atoms with Crippen molar-refractivity contribution in [2.24, 2.45) is 10.9 Å². The molecule has 5 heteroatoms. The van der Waals surface area contributed by atoms with Crippen LogP contribution in [0.5, 0.6) is 0 Å². The number of rotatable bonds is 7. The van der Waals surface area contributed by atoms with E-state index < -0.39 is 0 Å². The first kappa shape index (κ1) is 19.3. The molecule has 1 aromatic carbocycles. The topological polar surface area (TPSA) is 56.7 Å². The van der Waals surface area contributed by atoms with Crippen molar-refractivity contribution in [1.82, 2.24) is 15.5 Å². The second kappa shape index (κ2) is 9.44. The monoisotopic (exact) mass is 344 g/mol. The summed E-state index contributed by atoms with van der Waals surface area (Å²) in [5.74, 6) is 1.68. The smallest absolute Gasteiger partial charge is 0.222 e. The van der Waals surface area contributed by atoms with Crippen molar-refractivity contribution >= 4 is 11.9 Å². The molecule has 1 aromatic rings. The van der Waals surface area contributed by atoms with Crippen molar-refractivity contribution in [3.63, 3.8) is 0 Å². The summed E-state index contributed by atoms with van der Waals surface area (Å²) in [6.07, 6.45) is 1.68. The number of guanidine groups is 1. The lowest BCUT2D eigenvalue weighted by molar-refractivity contribution is -0.128. The van der Waals surface area contributed by atoms with Gasteiger partial charge in [-0.1, -0.05) is 38.1 Å². The predicted octanol–water partition coefficient (Wildman–Crippen LogP) is 2.91. The summed E-state index contributed by atoms with van der Waals surface area (Å²) in [4.78, 5) is 18.3. The molecule has 25 heavy (non-hydrogen) atoms. The van der Waals surface area contributed by atoms with E-state index in [1.807, 2.05) is 4.90 Å². The standard InChI is InChI=1S/C20H32N4O/c1-5-21-20(23-16(4)15(2)3)22-13-17-8-10-18(11-9-17)14-24-12-6-7-19(24)25/h8-11,15-16H,5-7,12-14H2,1-4H3,(H2,21,22,23). The number of nitrogens with zero attached hydrogens (tertiary/aromatic N) is 2. The highest BCUT2D eigenvalue weighted by Crippen LogP contribution is 2.15. The van der Waals surface area contributed by atoms with Crippen LogP contribution in [0.1, 0.15) is 51.7 Å². The van der Waals surface area contributed by atoms with E-state index in [1.54, 1.807) is 0 Å². The highest BCUT2D eigenvalue weighted by molar-refractivity contribution is 5.80. The molecule has 0 bridgehead atoms. The Kier molecular flexibility index (Phi) is 7.29. The molecule has 0 aromatic heterocycles. The summed E-state index contributed by atoms with van der Waals surface area (Å²) in [5.41, 5.74) is 2.35. The molecule has 1 unspecified atom stereocenters. The molecule has 1 amide bonds. The highest BCUT2D eigenvalue weighted by Gasteiger charge is 2.19. The molecule has 0 aliphatic carbocycles. The normalized spacial score (nSPS) is 16.4. The molecule has 138 valence electrons. The Morgan fingerprint density at radius 1 is 1.20 bits per heavy atom. The van der Waals surface area contributed by atoms with Crippen LogP contribution >= 0.6 is 0 Å². The Bertz CT molecular complexity index is 580.